The van der Waals surface area contributed by atoms with Crippen LogP contribution in [0, 0.1) is 11.3 Å². The molecule has 4 aliphatic rings. The van der Waals surface area contributed by atoms with Crippen LogP contribution in [0.5, 0.6) is 0 Å². The third-order valence-electron chi connectivity index (χ3n) is 13.9. The molecule has 0 radical (unpaired) electrons. The number of hydrogen-bond donors (Lipinski definition) is 0. The molecule has 0 N–H and O–H groups in total. The van der Waals surface area contributed by atoms with Crippen molar-refractivity contribution >= 4 is 45.1 Å². The van der Waals surface area contributed by atoms with E-state index in [0.29, 0.717) is 0 Å². The zero-order valence-electron chi connectivity index (χ0n) is 34.0. The van der Waals surface area contributed by atoms with Gasteiger partial charge in [-0.1, -0.05) is 0 Å². The van der Waals surface area contributed by atoms with Gasteiger partial charge < -0.3 is 0 Å². The van der Waals surface area contributed by atoms with Crippen molar-refractivity contribution in [2.75, 3.05) is 0 Å². The van der Waals surface area contributed by atoms with Gasteiger partial charge in [-0.2, -0.15) is 0 Å². The average Bonchev–Trinajstić information content (AvgIpc) is 3.81. The average molecular weight is 831 g/mol. The van der Waals surface area contributed by atoms with Gasteiger partial charge in [0.1, 0.15) is 0 Å². The summed E-state index contributed by atoms with van der Waals surface area (Å²) in [5.74, 6) is 0.277. The number of halogens is 2. The Kier molecular flexibility index (Phi) is 8.87. The summed E-state index contributed by atoms with van der Waals surface area (Å²) < 4.78 is 11.5. The fraction of sp³-hybridized carbons (Fsp3) is 0.353. The molecule has 3 heteroatoms. The fourth-order valence-electron chi connectivity index (χ4n) is 11.4. The maximum absolute atomic E-state index is 7.07. The van der Waals surface area contributed by atoms with Crippen LogP contribution in [0.1, 0.15) is 122 Å². The first-order valence-corrected chi connectivity index (χ1v) is 27.5. The van der Waals surface area contributed by atoms with Crippen molar-refractivity contribution in [2.24, 2.45) is 11.3 Å². The predicted molar refractivity (Wildman–Crippen MR) is 235 cm³/mol. The van der Waals surface area contributed by atoms with Gasteiger partial charge in [0.05, 0.1) is 0 Å². The molecule has 8 rings (SSSR count). The van der Waals surface area contributed by atoms with Crippen LogP contribution >= 0.6 is 23.2 Å². The van der Waals surface area contributed by atoms with Crippen molar-refractivity contribution in [2.45, 2.75) is 106 Å². The molecule has 0 spiro atoms. The molecule has 0 nitrogen and oxygen atoms in total. The number of benzene rings is 4. The third kappa shape index (κ3) is 5.34. The molecule has 1 atom stereocenters. The molecule has 0 heterocycles. The summed E-state index contributed by atoms with van der Waals surface area (Å²) in [6.45, 7) is 23.7. The SMILES string of the molecule is [CH2]=[Zr]([C]1=CC(C(C)(C)C)=CC1CCCC)([C]1=C(C)c2cc3c(cc2C1(C)C)Cc1cc2c(cc1-3)C(C)=CC2(C)C)([c]1cccc(Cl)c1)[c]1cccc(Cl)c1. The second-order valence-electron chi connectivity index (χ2n) is 19.2. The Bertz CT molecular complexity index is 2440. The zero-order valence-corrected chi connectivity index (χ0v) is 38.0. The Morgan fingerprint density at radius 3 is 1.91 bits per heavy atom. The molecule has 0 saturated carbocycles. The Labute approximate surface area is 335 Å². The molecule has 4 aromatic carbocycles. The molecule has 4 aliphatic carbocycles. The van der Waals surface area contributed by atoms with Gasteiger partial charge in [0.25, 0.3) is 0 Å². The number of fused-ring (bicyclic) bond motifs is 5. The Morgan fingerprint density at radius 2 is 1.35 bits per heavy atom. The molecular weight excluding hydrogens is 775 g/mol. The number of allylic oxidation sites excluding steroid dienone is 8. The summed E-state index contributed by atoms with van der Waals surface area (Å²) in [6, 6.07) is 27.7. The predicted octanol–water partition coefficient (Wildman–Crippen LogP) is 13.7. The third-order valence-corrected chi connectivity index (χ3v) is 31.7. The summed E-state index contributed by atoms with van der Waals surface area (Å²) in [6.07, 6.45) is 12.0. The van der Waals surface area contributed by atoms with E-state index in [1.807, 2.05) is 12.1 Å². The minimum absolute atomic E-state index is 0.00247. The summed E-state index contributed by atoms with van der Waals surface area (Å²) in [4.78, 5) is 0. The second kappa shape index (κ2) is 12.6. The van der Waals surface area contributed by atoms with Gasteiger partial charge in [-0.15, -0.1) is 0 Å². The number of hydrogen-bond acceptors (Lipinski definition) is 0. The van der Waals surface area contributed by atoms with Crippen LogP contribution in [-0.4, -0.2) is 4.21 Å². The van der Waals surface area contributed by atoms with E-state index in [9.17, 15) is 0 Å². The van der Waals surface area contributed by atoms with Crippen LogP contribution in [0.2, 0.25) is 10.0 Å². The van der Waals surface area contributed by atoms with Crippen molar-refractivity contribution in [3.05, 3.63) is 147 Å². The van der Waals surface area contributed by atoms with Crippen LogP contribution in [0.15, 0.2) is 103 Å². The van der Waals surface area contributed by atoms with Crippen LogP contribution in [-0.2, 0) is 35.5 Å². The molecule has 0 aromatic heterocycles. The van der Waals surface area contributed by atoms with Gasteiger partial charge in [0, 0.05) is 0 Å². The molecule has 54 heavy (non-hydrogen) atoms. The molecule has 0 saturated heterocycles. The standard InChI is InChI=1S/C25H25.C13H21.2C6H4Cl.CH2.Zr/c1-14-12-24(3,4)22-8-16-7-17-9-23-19(15(2)13-25(23,5)6)11-21(17)20(16)10-18(14)22;1-5-6-7-11-8-9-12(10-11)13(2,3)4;2*7-6-4-2-1-3-5-6;;/h8-12H,7H2,1-6H3;9-11H,5-7H2,1-4H3;2*1-2,4-5H;1H2;. The quantitative estimate of drug-likeness (QED) is 0.153. The van der Waals surface area contributed by atoms with Crippen molar-refractivity contribution in [1.29, 1.82) is 0 Å². The molecule has 0 amide bonds. The van der Waals surface area contributed by atoms with Crippen molar-refractivity contribution < 1.29 is 18.3 Å². The second-order valence-corrected chi connectivity index (χ2v) is 32.7. The van der Waals surface area contributed by atoms with Gasteiger partial charge in [-0.05, 0) is 0 Å². The van der Waals surface area contributed by atoms with E-state index >= 15 is 0 Å². The van der Waals surface area contributed by atoms with Crippen molar-refractivity contribution in [3.63, 3.8) is 0 Å². The van der Waals surface area contributed by atoms with Crippen molar-refractivity contribution in [1.82, 2.24) is 0 Å². The van der Waals surface area contributed by atoms with E-state index in [-0.39, 0.29) is 22.2 Å². The number of unbranched alkanes of at least 4 members (excludes halogenated alkanes) is 1. The summed E-state index contributed by atoms with van der Waals surface area (Å²) in [5.41, 5.74) is 15.3. The van der Waals surface area contributed by atoms with Crippen LogP contribution in [0.3, 0.4) is 0 Å². The maximum atomic E-state index is 7.07. The molecule has 0 fully saturated rings. The van der Waals surface area contributed by atoms with Crippen LogP contribution in [0.4, 0.5) is 0 Å². The fourth-order valence-corrected chi connectivity index (χ4v) is 31.3. The van der Waals surface area contributed by atoms with E-state index < -0.39 is 18.3 Å². The Balaban J connectivity index is 1.47. The monoisotopic (exact) mass is 828 g/mol. The first kappa shape index (κ1) is 38.1. The van der Waals surface area contributed by atoms with Gasteiger partial charge in [0.2, 0.25) is 0 Å². The number of rotatable bonds is 7. The van der Waals surface area contributed by atoms with Crippen LogP contribution < -0.4 is 6.54 Å². The van der Waals surface area contributed by atoms with E-state index in [1.165, 1.54) is 74.3 Å². The molecule has 278 valence electrons. The first-order chi connectivity index (χ1) is 25.3. The van der Waals surface area contributed by atoms with E-state index in [1.54, 1.807) is 0 Å². The summed E-state index contributed by atoms with van der Waals surface area (Å²) >= 11 is 8.90. The first-order valence-electron chi connectivity index (χ1n) is 20.1. The van der Waals surface area contributed by atoms with Crippen LogP contribution in [0.25, 0.3) is 22.3 Å². The minimum atomic E-state index is -5.24. The summed E-state index contributed by atoms with van der Waals surface area (Å²) in [5, 5.41) is 1.52. The molecule has 1 unspecified atom stereocenters. The van der Waals surface area contributed by atoms with E-state index in [2.05, 4.69) is 148 Å². The Morgan fingerprint density at radius 1 is 0.778 bits per heavy atom. The van der Waals surface area contributed by atoms with Crippen molar-refractivity contribution in [3.8, 4) is 11.1 Å². The zero-order chi connectivity index (χ0) is 38.8. The van der Waals surface area contributed by atoms with Gasteiger partial charge in [0.15, 0.2) is 0 Å². The van der Waals surface area contributed by atoms with Gasteiger partial charge >= 0.3 is 338 Å². The van der Waals surface area contributed by atoms with E-state index in [0.717, 1.165) is 35.7 Å². The van der Waals surface area contributed by atoms with Gasteiger partial charge in [-0.25, -0.2) is 0 Å². The summed E-state index contributed by atoms with van der Waals surface area (Å²) in [7, 11) is 0. The molecule has 0 aliphatic heterocycles. The molecule has 4 aromatic rings. The normalized spacial score (nSPS) is 19.6. The molecule has 0 bridgehead atoms. The molecular formula is C51H56Cl2Zr. The van der Waals surface area contributed by atoms with Gasteiger partial charge in [-0.3, -0.25) is 0 Å². The Hall–Kier alpha value is -2.83. The van der Waals surface area contributed by atoms with E-state index in [4.69, 9.17) is 27.4 Å². The topological polar surface area (TPSA) is 0 Å².